The Hall–Kier alpha value is -0.680. The predicted molar refractivity (Wildman–Crippen MR) is 75.6 cm³/mol. The highest BCUT2D eigenvalue weighted by Gasteiger charge is 2.30. The molecule has 1 rings (SSSR count). The van der Waals surface area contributed by atoms with E-state index >= 15 is 0 Å². The molecule has 1 N–H and O–H groups in total. The summed E-state index contributed by atoms with van der Waals surface area (Å²) in [6.07, 6.45) is -0.625. The molecular formula is C14H20F3NS. The van der Waals surface area contributed by atoms with Crippen molar-refractivity contribution >= 4 is 11.8 Å². The van der Waals surface area contributed by atoms with Crippen molar-refractivity contribution < 1.29 is 13.2 Å². The third kappa shape index (κ3) is 5.87. The molecule has 0 aliphatic carbocycles. The van der Waals surface area contributed by atoms with Crippen molar-refractivity contribution in [3.05, 3.63) is 35.4 Å². The van der Waals surface area contributed by atoms with E-state index in [9.17, 15) is 13.2 Å². The van der Waals surface area contributed by atoms with Crippen molar-refractivity contribution in [2.75, 3.05) is 18.6 Å². The number of likely N-dealkylation sites (N-methyl/N-ethyl adjacent to an activating group) is 1. The highest BCUT2D eigenvalue weighted by Crippen LogP contribution is 2.29. The Kier molecular flexibility index (Phi) is 6.72. The molecule has 0 aliphatic heterocycles. The van der Waals surface area contributed by atoms with Gasteiger partial charge in [0.15, 0.2) is 0 Å². The van der Waals surface area contributed by atoms with Crippen molar-refractivity contribution in [1.29, 1.82) is 0 Å². The van der Waals surface area contributed by atoms with Crippen LogP contribution in [-0.4, -0.2) is 24.6 Å². The second-order valence-corrected chi connectivity index (χ2v) is 5.42. The summed E-state index contributed by atoms with van der Waals surface area (Å²) in [6.45, 7) is 2.84. The minimum Gasteiger partial charge on any atom is -0.314 e. The summed E-state index contributed by atoms with van der Waals surface area (Å²) in [4.78, 5) is 0. The Morgan fingerprint density at radius 2 is 2.05 bits per heavy atom. The normalized spacial score (nSPS) is 13.5. The summed E-state index contributed by atoms with van der Waals surface area (Å²) in [5.74, 6) is 1.01. The van der Waals surface area contributed by atoms with E-state index in [1.807, 2.05) is 13.2 Å². The van der Waals surface area contributed by atoms with Crippen molar-refractivity contribution in [3.63, 3.8) is 0 Å². The second kappa shape index (κ2) is 7.80. The van der Waals surface area contributed by atoms with Crippen LogP contribution in [0.15, 0.2) is 24.3 Å². The molecule has 1 unspecified atom stereocenters. The standard InChI is InChI=1S/C14H20F3NS/c1-3-18-13(7-8-19-2)10-11-5-4-6-12(9-11)14(15,16)17/h4-6,9,13,18H,3,7-8,10H2,1-2H3. The van der Waals surface area contributed by atoms with E-state index in [4.69, 9.17) is 0 Å². The van der Waals surface area contributed by atoms with Gasteiger partial charge in [-0.1, -0.05) is 25.1 Å². The molecule has 5 heteroatoms. The highest BCUT2D eigenvalue weighted by atomic mass is 32.2. The number of rotatable bonds is 7. The van der Waals surface area contributed by atoms with Gasteiger partial charge in [0.05, 0.1) is 5.56 Å². The first-order chi connectivity index (χ1) is 8.97. The Bertz CT molecular complexity index is 379. The van der Waals surface area contributed by atoms with Gasteiger partial charge in [0.25, 0.3) is 0 Å². The fourth-order valence-corrected chi connectivity index (χ4v) is 2.50. The summed E-state index contributed by atoms with van der Waals surface area (Å²) in [5, 5.41) is 3.33. The van der Waals surface area contributed by atoms with Crippen LogP contribution < -0.4 is 5.32 Å². The summed E-state index contributed by atoms with van der Waals surface area (Å²) < 4.78 is 37.9. The number of hydrogen-bond donors (Lipinski definition) is 1. The number of alkyl halides is 3. The predicted octanol–water partition coefficient (Wildman–Crippen LogP) is 3.98. The van der Waals surface area contributed by atoms with E-state index in [0.29, 0.717) is 6.42 Å². The first-order valence-corrected chi connectivity index (χ1v) is 7.75. The van der Waals surface area contributed by atoms with Crippen LogP contribution in [0, 0.1) is 0 Å². The van der Waals surface area contributed by atoms with Crippen LogP contribution in [0.2, 0.25) is 0 Å². The van der Waals surface area contributed by atoms with Crippen LogP contribution in [0.1, 0.15) is 24.5 Å². The number of benzene rings is 1. The lowest BCUT2D eigenvalue weighted by molar-refractivity contribution is -0.137. The molecule has 0 amide bonds. The van der Waals surface area contributed by atoms with Crippen LogP contribution in [0.5, 0.6) is 0 Å². The smallest absolute Gasteiger partial charge is 0.314 e. The van der Waals surface area contributed by atoms with Gasteiger partial charge in [-0.05, 0) is 43.0 Å². The molecule has 0 aromatic heterocycles. The van der Waals surface area contributed by atoms with Crippen LogP contribution in [0.25, 0.3) is 0 Å². The maximum Gasteiger partial charge on any atom is 0.416 e. The number of halogens is 3. The van der Waals surface area contributed by atoms with Crippen LogP contribution in [0.4, 0.5) is 13.2 Å². The lowest BCUT2D eigenvalue weighted by Crippen LogP contribution is -2.31. The summed E-state index contributed by atoms with van der Waals surface area (Å²) in [7, 11) is 0. The first kappa shape index (κ1) is 16.4. The topological polar surface area (TPSA) is 12.0 Å². The molecule has 1 aromatic rings. The van der Waals surface area contributed by atoms with Gasteiger partial charge in [-0.15, -0.1) is 0 Å². The van der Waals surface area contributed by atoms with Crippen molar-refractivity contribution in [2.45, 2.75) is 32.0 Å². The van der Waals surface area contributed by atoms with Gasteiger partial charge < -0.3 is 5.32 Å². The SMILES string of the molecule is CCNC(CCSC)Cc1cccc(C(F)(F)F)c1. The second-order valence-electron chi connectivity index (χ2n) is 4.44. The molecule has 1 aromatic carbocycles. The lowest BCUT2D eigenvalue weighted by Gasteiger charge is -2.18. The summed E-state index contributed by atoms with van der Waals surface area (Å²) in [5.41, 5.74) is 0.173. The van der Waals surface area contributed by atoms with Gasteiger partial charge in [-0.3, -0.25) is 0 Å². The average molecular weight is 291 g/mol. The maximum absolute atomic E-state index is 12.6. The fourth-order valence-electron chi connectivity index (χ4n) is 1.98. The van der Waals surface area contributed by atoms with Gasteiger partial charge in [-0.25, -0.2) is 0 Å². The third-order valence-corrected chi connectivity index (χ3v) is 3.54. The van der Waals surface area contributed by atoms with Crippen molar-refractivity contribution in [1.82, 2.24) is 5.32 Å². The van der Waals surface area contributed by atoms with Gasteiger partial charge >= 0.3 is 6.18 Å². The average Bonchev–Trinajstić information content (AvgIpc) is 2.35. The summed E-state index contributed by atoms with van der Waals surface area (Å²) in [6, 6.07) is 5.85. The van der Waals surface area contributed by atoms with Crippen molar-refractivity contribution in [3.8, 4) is 0 Å². The molecule has 1 atom stereocenters. The largest absolute Gasteiger partial charge is 0.416 e. The Balaban J connectivity index is 2.73. The van der Waals surface area contributed by atoms with E-state index in [1.54, 1.807) is 17.8 Å². The molecule has 0 saturated carbocycles. The minimum absolute atomic E-state index is 0.237. The molecule has 0 spiro atoms. The summed E-state index contributed by atoms with van der Waals surface area (Å²) >= 11 is 1.75. The van der Waals surface area contributed by atoms with E-state index < -0.39 is 11.7 Å². The quantitative estimate of drug-likeness (QED) is 0.815. The zero-order valence-electron chi connectivity index (χ0n) is 11.3. The molecule has 0 heterocycles. The molecular weight excluding hydrogens is 271 g/mol. The number of thioether (sulfide) groups is 1. The van der Waals surface area contributed by atoms with Gasteiger partial charge in [0.2, 0.25) is 0 Å². The maximum atomic E-state index is 12.6. The van der Waals surface area contributed by atoms with Gasteiger partial charge in [0.1, 0.15) is 0 Å². The monoisotopic (exact) mass is 291 g/mol. The highest BCUT2D eigenvalue weighted by molar-refractivity contribution is 7.98. The molecule has 0 aliphatic rings. The zero-order valence-corrected chi connectivity index (χ0v) is 12.1. The molecule has 19 heavy (non-hydrogen) atoms. The van der Waals surface area contributed by atoms with Crippen LogP contribution in [0.3, 0.4) is 0 Å². The Morgan fingerprint density at radius 3 is 2.63 bits per heavy atom. The Morgan fingerprint density at radius 1 is 1.32 bits per heavy atom. The first-order valence-electron chi connectivity index (χ1n) is 6.35. The molecule has 108 valence electrons. The van der Waals surface area contributed by atoms with E-state index in [2.05, 4.69) is 5.32 Å². The molecule has 0 saturated heterocycles. The lowest BCUT2D eigenvalue weighted by atomic mass is 10.0. The van der Waals surface area contributed by atoms with E-state index in [-0.39, 0.29) is 6.04 Å². The van der Waals surface area contributed by atoms with Gasteiger partial charge in [-0.2, -0.15) is 24.9 Å². The third-order valence-electron chi connectivity index (χ3n) is 2.90. The van der Waals surface area contributed by atoms with E-state index in [0.717, 1.165) is 30.3 Å². The van der Waals surface area contributed by atoms with E-state index in [1.165, 1.54) is 12.1 Å². The zero-order chi connectivity index (χ0) is 14.3. The van der Waals surface area contributed by atoms with Gasteiger partial charge in [0, 0.05) is 6.04 Å². The molecule has 0 fully saturated rings. The molecule has 1 nitrogen and oxygen atoms in total. The fraction of sp³-hybridized carbons (Fsp3) is 0.571. The molecule has 0 bridgehead atoms. The van der Waals surface area contributed by atoms with Crippen LogP contribution >= 0.6 is 11.8 Å². The minimum atomic E-state index is -4.26. The van der Waals surface area contributed by atoms with Crippen molar-refractivity contribution in [2.24, 2.45) is 0 Å². The van der Waals surface area contributed by atoms with Crippen LogP contribution in [-0.2, 0) is 12.6 Å². The molecule has 0 radical (unpaired) electrons. The number of nitrogens with one attached hydrogen (secondary N) is 1. The Labute approximate surface area is 117 Å². The number of hydrogen-bond acceptors (Lipinski definition) is 2.